The molecule has 4 saturated carbocycles. The number of carbonyl (C=O) groups excluding carboxylic acids is 1. The van der Waals surface area contributed by atoms with E-state index in [-0.39, 0.29) is 33.7 Å². The minimum absolute atomic E-state index is 0.00606. The Balaban J connectivity index is 1.32. The standard InChI is InChI=1S/C31H31F2N5O2/c32-22-3-5-26(25(33)11-22)38-17-24(30(40)36-31-12-19-8-20(13-31)10-21(9-19)14-31)28(39)23-4-6-27(35-29(23)38)37-7-1-2-18(15-34)16-37/h3-6,11,17-21H,1-2,7-10,12-14,16H2,(H,36,40). The minimum atomic E-state index is -0.827. The van der Waals surface area contributed by atoms with E-state index in [2.05, 4.69) is 11.4 Å². The van der Waals surface area contributed by atoms with Gasteiger partial charge in [0.25, 0.3) is 5.91 Å². The van der Waals surface area contributed by atoms with E-state index < -0.39 is 23.0 Å². The first-order valence-electron chi connectivity index (χ1n) is 14.3. The third kappa shape index (κ3) is 4.25. The summed E-state index contributed by atoms with van der Waals surface area (Å²) in [6.07, 6.45) is 9.47. The van der Waals surface area contributed by atoms with Gasteiger partial charge >= 0.3 is 0 Å². The summed E-state index contributed by atoms with van der Waals surface area (Å²) in [4.78, 5) is 34.2. The number of aromatic nitrogens is 2. The predicted octanol–water partition coefficient (Wildman–Crippen LogP) is 5.10. The van der Waals surface area contributed by atoms with Gasteiger partial charge in [-0.05, 0) is 93.4 Å². The lowest BCUT2D eigenvalue weighted by Gasteiger charge is -2.56. The van der Waals surface area contributed by atoms with E-state index in [1.807, 2.05) is 4.90 Å². The van der Waals surface area contributed by atoms with Crippen molar-refractivity contribution in [2.75, 3.05) is 18.0 Å². The zero-order valence-electron chi connectivity index (χ0n) is 22.2. The van der Waals surface area contributed by atoms with E-state index in [0.717, 1.165) is 44.2 Å². The van der Waals surface area contributed by atoms with Crippen LogP contribution in [0.4, 0.5) is 14.6 Å². The van der Waals surface area contributed by atoms with Crippen molar-refractivity contribution in [3.8, 4) is 11.8 Å². The summed E-state index contributed by atoms with van der Waals surface area (Å²) in [6.45, 7) is 1.22. The molecule has 206 valence electrons. The van der Waals surface area contributed by atoms with Gasteiger partial charge in [-0.25, -0.2) is 13.8 Å². The van der Waals surface area contributed by atoms with Gasteiger partial charge in [-0.2, -0.15) is 5.26 Å². The van der Waals surface area contributed by atoms with Crippen molar-refractivity contribution in [3.05, 3.63) is 63.9 Å². The highest BCUT2D eigenvalue weighted by molar-refractivity contribution is 5.97. The average Bonchev–Trinajstić information content (AvgIpc) is 2.92. The van der Waals surface area contributed by atoms with Crippen LogP contribution in [0.1, 0.15) is 61.7 Å². The van der Waals surface area contributed by atoms with E-state index in [9.17, 15) is 19.2 Å². The SMILES string of the molecule is N#CC1CCCN(c2ccc3c(=O)c(C(=O)NC45CC6CC(CC(C6)C4)C5)cn(-c4ccc(F)cc4F)c3n2)C1. The number of piperidine rings is 1. The molecule has 5 fully saturated rings. The van der Waals surface area contributed by atoms with E-state index in [1.54, 1.807) is 12.1 Å². The van der Waals surface area contributed by atoms with Crippen LogP contribution >= 0.6 is 0 Å². The second-order valence-corrected chi connectivity index (χ2v) is 12.4. The number of nitriles is 1. The quantitative estimate of drug-likeness (QED) is 0.494. The second kappa shape index (κ2) is 9.39. The van der Waals surface area contributed by atoms with Crippen LogP contribution in [0.3, 0.4) is 0 Å². The Hall–Kier alpha value is -3.80. The highest BCUT2D eigenvalue weighted by Gasteiger charge is 2.51. The number of pyridine rings is 2. The minimum Gasteiger partial charge on any atom is -0.355 e. The molecule has 7 nitrogen and oxygen atoms in total. The molecule has 1 atom stereocenters. The fourth-order valence-electron chi connectivity index (χ4n) is 8.25. The number of benzene rings is 1. The maximum atomic E-state index is 15.1. The maximum absolute atomic E-state index is 15.1. The lowest BCUT2D eigenvalue weighted by atomic mass is 9.53. The van der Waals surface area contributed by atoms with Crippen molar-refractivity contribution < 1.29 is 13.6 Å². The number of nitrogens with one attached hydrogen (secondary N) is 1. The van der Waals surface area contributed by atoms with Crippen molar-refractivity contribution >= 4 is 22.8 Å². The molecular weight excluding hydrogens is 512 g/mol. The van der Waals surface area contributed by atoms with Crippen LogP contribution in [0.15, 0.2) is 41.3 Å². The smallest absolute Gasteiger partial charge is 0.257 e. The number of hydrogen-bond donors (Lipinski definition) is 1. The van der Waals surface area contributed by atoms with Crippen LogP contribution in [0.2, 0.25) is 0 Å². The van der Waals surface area contributed by atoms with Gasteiger partial charge in [-0.15, -0.1) is 0 Å². The van der Waals surface area contributed by atoms with Gasteiger partial charge in [0, 0.05) is 30.9 Å². The summed E-state index contributed by atoms with van der Waals surface area (Å²) in [6, 6.07) is 8.87. The van der Waals surface area contributed by atoms with Crippen molar-refractivity contribution in [3.63, 3.8) is 0 Å². The van der Waals surface area contributed by atoms with Gasteiger partial charge in [0.2, 0.25) is 5.43 Å². The first-order valence-corrected chi connectivity index (χ1v) is 14.3. The fraction of sp³-hybridized carbons (Fsp3) is 0.484. The molecule has 2 aromatic heterocycles. The van der Waals surface area contributed by atoms with Crippen molar-refractivity contribution in [2.24, 2.45) is 23.7 Å². The highest BCUT2D eigenvalue weighted by atomic mass is 19.1. The third-order valence-corrected chi connectivity index (χ3v) is 9.59. The Bertz CT molecular complexity index is 1590. The maximum Gasteiger partial charge on any atom is 0.257 e. The van der Waals surface area contributed by atoms with E-state index >= 15 is 4.39 Å². The number of halogens is 2. The van der Waals surface area contributed by atoms with E-state index in [1.165, 1.54) is 36.1 Å². The molecule has 4 aliphatic carbocycles. The number of carbonyl (C=O) groups is 1. The molecule has 1 amide bonds. The predicted molar refractivity (Wildman–Crippen MR) is 146 cm³/mol. The number of anilines is 1. The Morgan fingerprint density at radius 2 is 1.80 bits per heavy atom. The molecule has 3 heterocycles. The van der Waals surface area contributed by atoms with Gasteiger partial charge < -0.3 is 10.2 Å². The second-order valence-electron chi connectivity index (χ2n) is 12.4. The molecular formula is C31H31F2N5O2. The van der Waals surface area contributed by atoms with Gasteiger partial charge in [-0.1, -0.05) is 0 Å². The van der Waals surface area contributed by atoms with Gasteiger partial charge in [0.1, 0.15) is 23.0 Å². The monoisotopic (exact) mass is 543 g/mol. The molecule has 1 N–H and O–H groups in total. The van der Waals surface area contributed by atoms with Crippen LogP contribution in [0.5, 0.6) is 0 Å². The summed E-state index contributed by atoms with van der Waals surface area (Å²) in [5.41, 5.74) is -0.674. The summed E-state index contributed by atoms with van der Waals surface area (Å²) >= 11 is 0. The molecule has 1 saturated heterocycles. The Labute approximate surface area is 230 Å². The van der Waals surface area contributed by atoms with Gasteiger partial charge in [0.05, 0.1) is 23.1 Å². The number of amides is 1. The molecule has 40 heavy (non-hydrogen) atoms. The van der Waals surface area contributed by atoms with Crippen molar-refractivity contribution in [2.45, 2.75) is 56.9 Å². The van der Waals surface area contributed by atoms with E-state index in [4.69, 9.17) is 4.98 Å². The topological polar surface area (TPSA) is 91.0 Å². The zero-order valence-corrected chi connectivity index (χ0v) is 22.2. The first kappa shape index (κ1) is 25.2. The highest BCUT2D eigenvalue weighted by Crippen LogP contribution is 2.55. The number of nitrogens with zero attached hydrogens (tertiary/aromatic N) is 4. The normalized spacial score (nSPS) is 29.0. The van der Waals surface area contributed by atoms with Crippen LogP contribution in [-0.2, 0) is 0 Å². The lowest BCUT2D eigenvalue weighted by Crippen LogP contribution is -2.60. The first-order chi connectivity index (χ1) is 19.3. The molecule has 5 aliphatic rings. The van der Waals surface area contributed by atoms with Crippen LogP contribution in [-0.4, -0.2) is 34.1 Å². The molecule has 0 spiro atoms. The molecule has 1 aromatic carbocycles. The molecule has 3 aromatic rings. The van der Waals surface area contributed by atoms with E-state index in [0.29, 0.717) is 36.7 Å². The number of rotatable bonds is 4. The summed E-state index contributed by atoms with van der Waals surface area (Å²) in [5.74, 6) is 0.279. The molecule has 0 radical (unpaired) electrons. The molecule has 4 bridgehead atoms. The lowest BCUT2D eigenvalue weighted by molar-refractivity contribution is -0.0167. The Kier molecular flexibility index (Phi) is 5.92. The largest absolute Gasteiger partial charge is 0.355 e. The average molecular weight is 544 g/mol. The molecule has 1 aliphatic heterocycles. The number of hydrogen-bond acceptors (Lipinski definition) is 5. The summed E-state index contributed by atoms with van der Waals surface area (Å²) in [7, 11) is 0. The van der Waals surface area contributed by atoms with Gasteiger partial charge in [-0.3, -0.25) is 14.2 Å². The van der Waals surface area contributed by atoms with Crippen molar-refractivity contribution in [1.29, 1.82) is 5.26 Å². The van der Waals surface area contributed by atoms with Crippen LogP contribution in [0, 0.1) is 46.6 Å². The fourth-order valence-corrected chi connectivity index (χ4v) is 8.25. The molecule has 1 unspecified atom stereocenters. The molecule has 8 rings (SSSR count). The summed E-state index contributed by atoms with van der Waals surface area (Å²) < 4.78 is 30.3. The van der Waals surface area contributed by atoms with Crippen LogP contribution < -0.4 is 15.6 Å². The van der Waals surface area contributed by atoms with Crippen LogP contribution in [0.25, 0.3) is 16.7 Å². The third-order valence-electron chi connectivity index (χ3n) is 9.59. The summed E-state index contributed by atoms with van der Waals surface area (Å²) in [5, 5.41) is 12.9. The molecule has 9 heteroatoms. The van der Waals surface area contributed by atoms with Gasteiger partial charge in [0.15, 0.2) is 5.65 Å². The zero-order chi connectivity index (χ0) is 27.6. The Morgan fingerprint density at radius 1 is 1.07 bits per heavy atom. The Morgan fingerprint density at radius 3 is 2.48 bits per heavy atom. The van der Waals surface area contributed by atoms with Crippen molar-refractivity contribution in [1.82, 2.24) is 14.9 Å². The number of fused-ring (bicyclic) bond motifs is 1.